The molecule has 2 aromatic carbocycles. The van der Waals surface area contributed by atoms with Crippen LogP contribution in [0.25, 0.3) is 0 Å². The lowest BCUT2D eigenvalue weighted by Crippen LogP contribution is -2.18. The van der Waals surface area contributed by atoms with E-state index >= 15 is 0 Å². The van der Waals surface area contributed by atoms with Gasteiger partial charge >= 0.3 is 0 Å². The van der Waals surface area contributed by atoms with Gasteiger partial charge in [0.1, 0.15) is 17.7 Å². The Morgan fingerprint density at radius 3 is 2.68 bits per heavy atom. The SMILES string of the molecule is N#C/C(=C/NCCc1cccc(Br)c1)C(=O)Nc1ccccc1C#N. The van der Waals surface area contributed by atoms with E-state index in [9.17, 15) is 4.79 Å². The van der Waals surface area contributed by atoms with Crippen molar-refractivity contribution in [3.05, 3.63) is 75.9 Å². The van der Waals surface area contributed by atoms with Crippen LogP contribution in [-0.2, 0) is 11.2 Å². The van der Waals surface area contributed by atoms with E-state index in [0.717, 1.165) is 16.5 Å². The highest BCUT2D eigenvalue weighted by Gasteiger charge is 2.11. The van der Waals surface area contributed by atoms with Crippen molar-refractivity contribution in [3.63, 3.8) is 0 Å². The maximum Gasteiger partial charge on any atom is 0.267 e. The monoisotopic (exact) mass is 394 g/mol. The summed E-state index contributed by atoms with van der Waals surface area (Å²) in [6, 6.07) is 18.4. The summed E-state index contributed by atoms with van der Waals surface area (Å²) in [5.74, 6) is -0.555. The molecule has 2 rings (SSSR count). The zero-order chi connectivity index (χ0) is 18.1. The molecule has 5 nitrogen and oxygen atoms in total. The van der Waals surface area contributed by atoms with Crippen LogP contribution in [0, 0.1) is 22.7 Å². The van der Waals surface area contributed by atoms with E-state index in [-0.39, 0.29) is 5.57 Å². The zero-order valence-electron chi connectivity index (χ0n) is 13.3. The lowest BCUT2D eigenvalue weighted by atomic mass is 10.1. The second kappa shape index (κ2) is 9.27. The summed E-state index contributed by atoms with van der Waals surface area (Å²) in [4.78, 5) is 12.2. The minimum atomic E-state index is -0.555. The van der Waals surface area contributed by atoms with E-state index in [1.807, 2.05) is 36.4 Å². The summed E-state index contributed by atoms with van der Waals surface area (Å²) >= 11 is 3.42. The highest BCUT2D eigenvalue weighted by atomic mass is 79.9. The van der Waals surface area contributed by atoms with E-state index in [4.69, 9.17) is 10.5 Å². The molecule has 2 aromatic rings. The highest BCUT2D eigenvalue weighted by molar-refractivity contribution is 9.10. The van der Waals surface area contributed by atoms with E-state index < -0.39 is 5.91 Å². The first kappa shape index (κ1) is 18.3. The van der Waals surface area contributed by atoms with Crippen LogP contribution >= 0.6 is 15.9 Å². The third kappa shape index (κ3) is 5.49. The first-order valence-electron chi connectivity index (χ1n) is 7.52. The Morgan fingerprint density at radius 2 is 1.96 bits per heavy atom. The number of nitrogens with zero attached hydrogens (tertiary/aromatic N) is 2. The van der Waals surface area contributed by atoms with Crippen LogP contribution < -0.4 is 10.6 Å². The molecule has 0 fully saturated rings. The lowest BCUT2D eigenvalue weighted by Gasteiger charge is -2.07. The molecule has 2 N–H and O–H groups in total. The van der Waals surface area contributed by atoms with Crippen LogP contribution in [0.2, 0.25) is 0 Å². The van der Waals surface area contributed by atoms with Gasteiger partial charge in [-0.05, 0) is 36.2 Å². The number of benzene rings is 2. The summed E-state index contributed by atoms with van der Waals surface area (Å²) in [5, 5.41) is 23.7. The number of carbonyl (C=O) groups is 1. The molecule has 0 heterocycles. The van der Waals surface area contributed by atoms with Crippen LogP contribution in [-0.4, -0.2) is 12.5 Å². The maximum absolute atomic E-state index is 12.2. The predicted molar refractivity (Wildman–Crippen MR) is 99.3 cm³/mol. The van der Waals surface area contributed by atoms with Gasteiger partial charge in [0, 0.05) is 17.2 Å². The van der Waals surface area contributed by atoms with E-state index in [2.05, 4.69) is 26.6 Å². The lowest BCUT2D eigenvalue weighted by molar-refractivity contribution is -0.112. The van der Waals surface area contributed by atoms with Crippen molar-refractivity contribution >= 4 is 27.5 Å². The largest absolute Gasteiger partial charge is 0.389 e. The summed E-state index contributed by atoms with van der Waals surface area (Å²) in [7, 11) is 0. The smallest absolute Gasteiger partial charge is 0.267 e. The molecule has 0 aliphatic carbocycles. The van der Waals surface area contributed by atoms with Crippen molar-refractivity contribution in [2.45, 2.75) is 6.42 Å². The average Bonchev–Trinajstić information content (AvgIpc) is 2.62. The summed E-state index contributed by atoms with van der Waals surface area (Å²) in [5.41, 5.74) is 1.81. The third-order valence-electron chi connectivity index (χ3n) is 3.35. The molecule has 25 heavy (non-hydrogen) atoms. The minimum Gasteiger partial charge on any atom is -0.389 e. The second-order valence-electron chi connectivity index (χ2n) is 5.12. The van der Waals surface area contributed by atoms with Gasteiger partial charge < -0.3 is 10.6 Å². The van der Waals surface area contributed by atoms with Crippen molar-refractivity contribution in [2.75, 3.05) is 11.9 Å². The molecule has 1 amide bonds. The fourth-order valence-corrected chi connectivity index (χ4v) is 2.56. The molecule has 0 atom stereocenters. The summed E-state index contributed by atoms with van der Waals surface area (Å²) in [6.07, 6.45) is 2.15. The summed E-state index contributed by atoms with van der Waals surface area (Å²) in [6.45, 7) is 0.587. The van der Waals surface area contributed by atoms with Gasteiger partial charge in [-0.25, -0.2) is 0 Å². The minimum absolute atomic E-state index is 0.0537. The Bertz CT molecular complexity index is 877. The second-order valence-corrected chi connectivity index (χ2v) is 6.03. The van der Waals surface area contributed by atoms with Crippen LogP contribution in [0.3, 0.4) is 0 Å². The molecule has 0 spiro atoms. The quantitative estimate of drug-likeness (QED) is 0.445. The number of anilines is 1. The van der Waals surface area contributed by atoms with Crippen molar-refractivity contribution in [2.24, 2.45) is 0 Å². The van der Waals surface area contributed by atoms with E-state index in [1.165, 1.54) is 6.20 Å². The molecule has 0 unspecified atom stereocenters. The molecule has 0 radical (unpaired) electrons. The van der Waals surface area contributed by atoms with Gasteiger partial charge in [-0.1, -0.05) is 40.2 Å². The Hall–Kier alpha value is -3.09. The molecule has 0 aliphatic heterocycles. The van der Waals surface area contributed by atoms with Gasteiger partial charge in [0.15, 0.2) is 0 Å². The number of rotatable bonds is 6. The predicted octanol–water partition coefficient (Wildman–Crippen LogP) is 3.50. The number of halogens is 1. The van der Waals surface area contributed by atoms with Crippen LogP contribution in [0.5, 0.6) is 0 Å². The Morgan fingerprint density at radius 1 is 1.16 bits per heavy atom. The normalized spacial score (nSPS) is 10.4. The van der Waals surface area contributed by atoms with Crippen molar-refractivity contribution in [3.8, 4) is 12.1 Å². The molecule has 0 aromatic heterocycles. The number of para-hydroxylation sites is 1. The maximum atomic E-state index is 12.2. The number of nitrogens with one attached hydrogen (secondary N) is 2. The molecule has 0 aliphatic rings. The van der Waals surface area contributed by atoms with E-state index in [1.54, 1.807) is 24.3 Å². The summed E-state index contributed by atoms with van der Waals surface area (Å²) < 4.78 is 1.01. The van der Waals surface area contributed by atoms with Gasteiger partial charge in [0.05, 0.1) is 11.3 Å². The molecular formula is C19H15BrN4O. The first-order chi connectivity index (χ1) is 12.1. The molecule has 124 valence electrons. The fraction of sp³-hybridized carbons (Fsp3) is 0.105. The average molecular weight is 395 g/mol. The number of nitriles is 2. The Labute approximate surface area is 154 Å². The Balaban J connectivity index is 1.94. The topological polar surface area (TPSA) is 88.7 Å². The third-order valence-corrected chi connectivity index (χ3v) is 3.85. The number of hydrogen-bond acceptors (Lipinski definition) is 4. The highest BCUT2D eigenvalue weighted by Crippen LogP contribution is 2.14. The van der Waals surface area contributed by atoms with Crippen LogP contribution in [0.4, 0.5) is 5.69 Å². The molecular weight excluding hydrogens is 380 g/mol. The Kier molecular flexibility index (Phi) is 6.76. The van der Waals surface area contributed by atoms with Gasteiger partial charge in [0.25, 0.3) is 5.91 Å². The molecule has 0 saturated heterocycles. The molecule has 6 heteroatoms. The number of hydrogen-bond donors (Lipinski definition) is 2. The van der Waals surface area contributed by atoms with Gasteiger partial charge in [-0.15, -0.1) is 0 Å². The van der Waals surface area contributed by atoms with Gasteiger partial charge in [-0.2, -0.15) is 10.5 Å². The van der Waals surface area contributed by atoms with Gasteiger partial charge in [0.2, 0.25) is 0 Å². The number of carbonyl (C=O) groups excluding carboxylic acids is 1. The zero-order valence-corrected chi connectivity index (χ0v) is 14.9. The van der Waals surface area contributed by atoms with Gasteiger partial charge in [-0.3, -0.25) is 4.79 Å². The van der Waals surface area contributed by atoms with Crippen molar-refractivity contribution in [1.82, 2.24) is 5.32 Å². The molecule has 0 bridgehead atoms. The van der Waals surface area contributed by atoms with Crippen molar-refractivity contribution in [1.29, 1.82) is 10.5 Å². The van der Waals surface area contributed by atoms with Crippen LogP contribution in [0.1, 0.15) is 11.1 Å². The van der Waals surface area contributed by atoms with Crippen molar-refractivity contribution < 1.29 is 4.79 Å². The molecule has 0 saturated carbocycles. The standard InChI is InChI=1S/C19H15BrN4O/c20-17-6-3-4-14(10-17)8-9-23-13-16(12-22)19(25)24-18-7-2-1-5-15(18)11-21/h1-7,10,13,23H,8-9H2,(H,24,25)/b16-13-. The number of amides is 1. The van der Waals surface area contributed by atoms with E-state index in [0.29, 0.717) is 17.8 Å². The van der Waals surface area contributed by atoms with Crippen LogP contribution in [0.15, 0.2) is 64.8 Å². The fourth-order valence-electron chi connectivity index (χ4n) is 2.11. The first-order valence-corrected chi connectivity index (χ1v) is 8.32.